The van der Waals surface area contributed by atoms with E-state index in [-0.39, 0.29) is 42.2 Å². The zero-order valence-electron chi connectivity index (χ0n) is 18.4. The molecule has 6 heteroatoms. The molecule has 0 unspecified atom stereocenters. The van der Waals surface area contributed by atoms with Gasteiger partial charge < -0.3 is 10.2 Å². The van der Waals surface area contributed by atoms with Crippen LogP contribution in [0.4, 0.5) is 0 Å². The molecule has 2 N–H and O–H groups in total. The Morgan fingerprint density at radius 3 is 2.39 bits per heavy atom. The lowest BCUT2D eigenvalue weighted by atomic mass is 9.45. The predicted octanol–water partition coefficient (Wildman–Crippen LogP) is 4.19. The van der Waals surface area contributed by atoms with Crippen LogP contribution in [0.25, 0.3) is 0 Å². The molecule has 0 saturated heterocycles. The molecular weight excluding hydrogens is 396 g/mol. The van der Waals surface area contributed by atoms with Crippen LogP contribution in [-0.2, 0) is 19.2 Å². The van der Waals surface area contributed by atoms with Gasteiger partial charge in [0.05, 0.1) is 12.8 Å². The van der Waals surface area contributed by atoms with Gasteiger partial charge in [-0.05, 0) is 73.8 Å². The average molecular weight is 429 g/mol. The van der Waals surface area contributed by atoms with Crippen molar-refractivity contribution in [3.8, 4) is 0 Å². The molecule has 0 amide bonds. The molecule has 0 aliphatic heterocycles. The van der Waals surface area contributed by atoms with Crippen molar-refractivity contribution in [2.24, 2.45) is 34.0 Å². The minimum Gasteiger partial charge on any atom is -0.481 e. The minimum atomic E-state index is -1.03. The van der Waals surface area contributed by atoms with Crippen molar-refractivity contribution in [3.63, 3.8) is 0 Å². The van der Waals surface area contributed by atoms with Gasteiger partial charge in [-0.25, -0.2) is 0 Å². The van der Waals surface area contributed by atoms with Crippen LogP contribution in [0.5, 0.6) is 0 Å². The van der Waals surface area contributed by atoms with Crippen LogP contribution >= 0.6 is 0 Å². The van der Waals surface area contributed by atoms with Gasteiger partial charge in [0.15, 0.2) is 5.78 Å². The summed E-state index contributed by atoms with van der Waals surface area (Å²) in [7, 11) is 0. The number of rotatable bonds is 6. The molecule has 4 rings (SSSR count). The lowest BCUT2D eigenvalue weighted by molar-refractivity contribution is -0.156. The van der Waals surface area contributed by atoms with Crippen molar-refractivity contribution in [2.75, 3.05) is 0 Å². The predicted molar refractivity (Wildman–Crippen MR) is 113 cm³/mol. The van der Waals surface area contributed by atoms with Crippen molar-refractivity contribution in [3.05, 3.63) is 23.8 Å². The second-order valence-electron chi connectivity index (χ2n) is 10.6. The maximum absolute atomic E-state index is 13.4. The fourth-order valence-electron chi connectivity index (χ4n) is 7.90. The first kappa shape index (κ1) is 22.0. The maximum Gasteiger partial charge on any atom is 0.304 e. The van der Waals surface area contributed by atoms with E-state index in [0.717, 1.165) is 32.1 Å². The Morgan fingerprint density at radius 1 is 1.00 bits per heavy atom. The van der Waals surface area contributed by atoms with E-state index >= 15 is 0 Å². The smallest absolute Gasteiger partial charge is 0.304 e. The number of Topliss-reactive ketones (excluding diaryl/α,β-unsaturated/α-hetero) is 1. The number of carbonyl (C=O) groups is 4. The monoisotopic (exact) mass is 428 g/mol. The van der Waals surface area contributed by atoms with E-state index < -0.39 is 22.8 Å². The fraction of sp³-hybridized carbons (Fsp3) is 0.680. The Bertz CT molecular complexity index is 900. The van der Waals surface area contributed by atoms with E-state index in [1.165, 1.54) is 5.57 Å². The Balaban J connectivity index is 1.68. The van der Waals surface area contributed by atoms with E-state index in [1.54, 1.807) is 12.2 Å². The third-order valence-electron chi connectivity index (χ3n) is 9.47. The summed E-state index contributed by atoms with van der Waals surface area (Å²) >= 11 is 0. The lowest BCUT2D eigenvalue weighted by Gasteiger charge is -2.58. The second kappa shape index (κ2) is 7.42. The van der Waals surface area contributed by atoms with Crippen molar-refractivity contribution in [1.82, 2.24) is 0 Å². The molecule has 0 aromatic rings. The highest BCUT2D eigenvalue weighted by Gasteiger charge is 2.66. The number of carbonyl (C=O) groups excluding carboxylic acids is 2. The maximum atomic E-state index is 13.4. The largest absolute Gasteiger partial charge is 0.481 e. The van der Waals surface area contributed by atoms with E-state index in [2.05, 4.69) is 19.9 Å². The molecule has 0 heterocycles. The summed E-state index contributed by atoms with van der Waals surface area (Å²) in [6.07, 6.45) is 9.77. The number of fused-ring (bicyclic) bond motifs is 5. The van der Waals surface area contributed by atoms with Crippen LogP contribution in [-0.4, -0.2) is 33.7 Å². The zero-order valence-corrected chi connectivity index (χ0v) is 18.4. The molecular formula is C25H32O6. The first-order valence-corrected chi connectivity index (χ1v) is 11.4. The third kappa shape index (κ3) is 3.21. The van der Waals surface area contributed by atoms with Crippen LogP contribution in [0.15, 0.2) is 23.8 Å². The SMILES string of the molecule is C[C@]12C=CC(=O)C=C1CC[C@@H]1[C@@H]2CC[C@@]2(C)[C@H]1CC[C@]2(CC(=O)O)C(=O)CCC(=O)O. The highest BCUT2D eigenvalue weighted by molar-refractivity contribution is 6.01. The van der Waals surface area contributed by atoms with Crippen LogP contribution in [0.1, 0.15) is 71.6 Å². The fourth-order valence-corrected chi connectivity index (χ4v) is 7.90. The van der Waals surface area contributed by atoms with E-state index in [9.17, 15) is 24.3 Å². The molecule has 3 saturated carbocycles. The average Bonchev–Trinajstić information content (AvgIpc) is 2.99. The van der Waals surface area contributed by atoms with Gasteiger partial charge in [0.1, 0.15) is 5.78 Å². The van der Waals surface area contributed by atoms with Gasteiger partial charge in [0.2, 0.25) is 0 Å². The third-order valence-corrected chi connectivity index (χ3v) is 9.47. The first-order valence-electron chi connectivity index (χ1n) is 11.4. The highest BCUT2D eigenvalue weighted by Crippen LogP contribution is 2.70. The Hall–Kier alpha value is -2.24. The summed E-state index contributed by atoms with van der Waals surface area (Å²) in [5, 5.41) is 18.8. The van der Waals surface area contributed by atoms with Gasteiger partial charge in [-0.2, -0.15) is 0 Å². The molecule has 31 heavy (non-hydrogen) atoms. The van der Waals surface area contributed by atoms with Crippen molar-refractivity contribution >= 4 is 23.5 Å². The molecule has 4 aliphatic rings. The molecule has 6 nitrogen and oxygen atoms in total. The number of allylic oxidation sites excluding steroid dienone is 4. The number of ketones is 2. The van der Waals surface area contributed by atoms with E-state index in [0.29, 0.717) is 18.3 Å². The summed E-state index contributed by atoms with van der Waals surface area (Å²) in [6.45, 7) is 4.31. The highest BCUT2D eigenvalue weighted by atomic mass is 16.4. The molecule has 168 valence electrons. The van der Waals surface area contributed by atoms with E-state index in [1.807, 2.05) is 0 Å². The number of carboxylic acids is 2. The Kier molecular flexibility index (Phi) is 5.26. The summed E-state index contributed by atoms with van der Waals surface area (Å²) < 4.78 is 0. The van der Waals surface area contributed by atoms with Crippen LogP contribution in [0, 0.1) is 34.0 Å². The molecule has 0 aromatic carbocycles. The van der Waals surface area contributed by atoms with E-state index in [4.69, 9.17) is 5.11 Å². The van der Waals surface area contributed by atoms with Gasteiger partial charge >= 0.3 is 11.9 Å². The van der Waals surface area contributed by atoms with Gasteiger partial charge in [0, 0.05) is 17.3 Å². The number of hydrogen-bond donors (Lipinski definition) is 2. The molecule has 0 radical (unpaired) electrons. The topological polar surface area (TPSA) is 109 Å². The van der Waals surface area contributed by atoms with Gasteiger partial charge in [-0.3, -0.25) is 19.2 Å². The second-order valence-corrected chi connectivity index (χ2v) is 10.6. The molecule has 3 fully saturated rings. The molecule has 0 aromatic heterocycles. The van der Waals surface area contributed by atoms with Gasteiger partial charge in [-0.15, -0.1) is 0 Å². The zero-order chi connectivity index (χ0) is 22.6. The van der Waals surface area contributed by atoms with Gasteiger partial charge in [0.25, 0.3) is 0 Å². The Labute approximate surface area is 182 Å². The molecule has 0 bridgehead atoms. The van der Waals surface area contributed by atoms with Crippen molar-refractivity contribution in [2.45, 2.75) is 71.6 Å². The summed E-state index contributed by atoms with van der Waals surface area (Å²) in [5.41, 5.74) is -0.367. The molecule has 4 aliphatic carbocycles. The van der Waals surface area contributed by atoms with Crippen LogP contribution in [0.3, 0.4) is 0 Å². The first-order chi connectivity index (χ1) is 14.5. The molecule has 6 atom stereocenters. The number of aliphatic carboxylic acids is 2. The summed E-state index contributed by atoms with van der Waals surface area (Å²) in [6, 6.07) is 0. The minimum absolute atomic E-state index is 0.0527. The van der Waals surface area contributed by atoms with Crippen LogP contribution < -0.4 is 0 Å². The lowest BCUT2D eigenvalue weighted by Crippen LogP contribution is -2.54. The van der Waals surface area contributed by atoms with Crippen molar-refractivity contribution < 1.29 is 29.4 Å². The quantitative estimate of drug-likeness (QED) is 0.657. The van der Waals surface area contributed by atoms with Crippen molar-refractivity contribution in [1.29, 1.82) is 0 Å². The normalized spacial score (nSPS) is 41.0. The van der Waals surface area contributed by atoms with Crippen LogP contribution in [0.2, 0.25) is 0 Å². The summed E-state index contributed by atoms with van der Waals surface area (Å²) in [5.74, 6) is -1.15. The summed E-state index contributed by atoms with van der Waals surface area (Å²) in [4.78, 5) is 48.2. The number of carboxylic acid groups (broad SMARTS) is 2. The van der Waals surface area contributed by atoms with Gasteiger partial charge in [-0.1, -0.05) is 25.5 Å². The number of hydrogen-bond acceptors (Lipinski definition) is 4. The molecule has 0 spiro atoms. The standard InChI is InChI=1S/C25H32O6/c1-23-10-7-16(26)13-15(23)3-4-17-18(23)8-11-24(2)19(17)9-12-25(24,14-22(30)31)20(27)5-6-21(28)29/h7,10,13,17-19H,3-6,8-9,11-12,14H2,1-2H3,(H,28,29)(H,30,31)/t17-,18+,19+,23+,24+,25+/m1/s1. The Morgan fingerprint density at radius 2 is 1.71 bits per heavy atom.